The van der Waals surface area contributed by atoms with Gasteiger partial charge in [0, 0.05) is 25.2 Å². The van der Waals surface area contributed by atoms with E-state index in [4.69, 9.17) is 6.42 Å². The topological polar surface area (TPSA) is 15.3 Å². The Labute approximate surface area is 110 Å². The summed E-state index contributed by atoms with van der Waals surface area (Å²) < 4.78 is 0. The highest BCUT2D eigenvalue weighted by atomic mass is 15.2. The van der Waals surface area contributed by atoms with Crippen LogP contribution in [0.4, 0.5) is 0 Å². The second-order valence-corrected chi connectivity index (χ2v) is 5.02. The molecule has 2 nitrogen and oxygen atoms in total. The minimum Gasteiger partial charge on any atom is -0.311 e. The molecule has 1 N–H and O–H groups in total. The first-order chi connectivity index (χ1) is 8.76. The molecule has 0 radical (unpaired) electrons. The van der Waals surface area contributed by atoms with E-state index < -0.39 is 0 Å². The molecular weight excluding hydrogens is 220 g/mol. The van der Waals surface area contributed by atoms with Gasteiger partial charge in [0.1, 0.15) is 0 Å². The zero-order chi connectivity index (χ0) is 13.0. The average molecular weight is 242 g/mol. The van der Waals surface area contributed by atoms with Gasteiger partial charge in [0.15, 0.2) is 0 Å². The summed E-state index contributed by atoms with van der Waals surface area (Å²) in [6.45, 7) is 6.38. The quantitative estimate of drug-likeness (QED) is 0.819. The third-order valence-corrected chi connectivity index (χ3v) is 3.71. The van der Waals surface area contributed by atoms with Crippen molar-refractivity contribution >= 4 is 0 Å². The third kappa shape index (κ3) is 2.75. The van der Waals surface area contributed by atoms with Crippen molar-refractivity contribution in [2.24, 2.45) is 0 Å². The molecule has 2 rings (SSSR count). The molecule has 1 aromatic carbocycles. The first kappa shape index (κ1) is 13.1. The molecule has 1 aliphatic heterocycles. The molecule has 1 heterocycles. The smallest absolute Gasteiger partial charge is 0.0715 e. The van der Waals surface area contributed by atoms with E-state index in [1.54, 1.807) is 0 Å². The third-order valence-electron chi connectivity index (χ3n) is 3.71. The fourth-order valence-electron chi connectivity index (χ4n) is 2.72. The Kier molecular flexibility index (Phi) is 4.41. The van der Waals surface area contributed by atoms with Crippen molar-refractivity contribution in [1.29, 1.82) is 0 Å². The number of hydrogen-bond donors (Lipinski definition) is 1. The molecular formula is C16H22N2. The predicted molar refractivity (Wildman–Crippen MR) is 76.3 cm³/mol. The number of hydrogen-bond acceptors (Lipinski definition) is 2. The molecule has 0 saturated carbocycles. The molecule has 3 unspecified atom stereocenters. The highest BCUT2D eigenvalue weighted by molar-refractivity contribution is 5.21. The van der Waals surface area contributed by atoms with Gasteiger partial charge in [0.2, 0.25) is 0 Å². The van der Waals surface area contributed by atoms with Crippen LogP contribution in [0.1, 0.15) is 31.9 Å². The Bertz CT molecular complexity index is 407. The van der Waals surface area contributed by atoms with Crippen LogP contribution in [-0.2, 0) is 0 Å². The van der Waals surface area contributed by atoms with E-state index >= 15 is 0 Å². The minimum atomic E-state index is 0.236. The van der Waals surface area contributed by atoms with Crippen molar-refractivity contribution in [3.05, 3.63) is 35.9 Å². The van der Waals surface area contributed by atoms with Crippen molar-refractivity contribution in [3.8, 4) is 12.3 Å². The Morgan fingerprint density at radius 1 is 1.44 bits per heavy atom. The van der Waals surface area contributed by atoms with E-state index in [-0.39, 0.29) is 6.04 Å². The van der Waals surface area contributed by atoms with Crippen molar-refractivity contribution < 1.29 is 0 Å². The first-order valence-electron chi connectivity index (χ1n) is 6.76. The normalized spacial score (nSPS) is 26.5. The van der Waals surface area contributed by atoms with Gasteiger partial charge < -0.3 is 5.32 Å². The van der Waals surface area contributed by atoms with Gasteiger partial charge in [-0.15, -0.1) is 6.42 Å². The van der Waals surface area contributed by atoms with Gasteiger partial charge in [-0.2, -0.15) is 0 Å². The van der Waals surface area contributed by atoms with Gasteiger partial charge in [-0.25, -0.2) is 0 Å². The fraction of sp³-hybridized carbons (Fsp3) is 0.500. The highest BCUT2D eigenvalue weighted by Gasteiger charge is 2.30. The molecule has 0 spiro atoms. The van der Waals surface area contributed by atoms with Crippen molar-refractivity contribution in [2.45, 2.75) is 38.4 Å². The molecule has 3 atom stereocenters. The molecule has 96 valence electrons. The van der Waals surface area contributed by atoms with E-state index in [0.29, 0.717) is 12.1 Å². The van der Waals surface area contributed by atoms with Crippen LogP contribution in [0.5, 0.6) is 0 Å². The van der Waals surface area contributed by atoms with Gasteiger partial charge in [-0.3, -0.25) is 4.90 Å². The lowest BCUT2D eigenvalue weighted by atomic mass is 9.98. The van der Waals surface area contributed by atoms with Crippen LogP contribution in [0.25, 0.3) is 0 Å². The van der Waals surface area contributed by atoms with Crippen LogP contribution < -0.4 is 5.32 Å². The molecule has 0 aliphatic carbocycles. The minimum absolute atomic E-state index is 0.236. The summed E-state index contributed by atoms with van der Waals surface area (Å²) in [5.41, 5.74) is 1.35. The zero-order valence-corrected chi connectivity index (χ0v) is 11.3. The van der Waals surface area contributed by atoms with E-state index in [0.717, 1.165) is 19.5 Å². The van der Waals surface area contributed by atoms with Crippen LogP contribution >= 0.6 is 0 Å². The molecule has 1 saturated heterocycles. The van der Waals surface area contributed by atoms with Gasteiger partial charge in [-0.05, 0) is 18.9 Å². The molecule has 0 bridgehead atoms. The van der Waals surface area contributed by atoms with Crippen LogP contribution in [0.3, 0.4) is 0 Å². The zero-order valence-electron chi connectivity index (χ0n) is 11.3. The summed E-state index contributed by atoms with van der Waals surface area (Å²) in [5, 5.41) is 3.55. The largest absolute Gasteiger partial charge is 0.311 e. The maximum absolute atomic E-state index is 5.69. The molecule has 1 fully saturated rings. The standard InChI is InChI=1S/C16H22N2/c1-4-15(5-2)18-12-13(3)17-11-16(18)14-9-7-6-8-10-14/h1,6-10,13,15-17H,5,11-12H2,2-3H3. The van der Waals surface area contributed by atoms with Gasteiger partial charge >= 0.3 is 0 Å². The van der Waals surface area contributed by atoms with E-state index in [2.05, 4.69) is 60.3 Å². The van der Waals surface area contributed by atoms with E-state index in [1.165, 1.54) is 5.56 Å². The molecule has 0 amide bonds. The summed E-state index contributed by atoms with van der Waals surface area (Å²) in [6, 6.07) is 11.8. The summed E-state index contributed by atoms with van der Waals surface area (Å²) in [5.74, 6) is 2.94. The van der Waals surface area contributed by atoms with E-state index in [9.17, 15) is 0 Å². The molecule has 2 heteroatoms. The number of benzene rings is 1. The monoisotopic (exact) mass is 242 g/mol. The van der Waals surface area contributed by atoms with Crippen molar-refractivity contribution in [1.82, 2.24) is 10.2 Å². The van der Waals surface area contributed by atoms with Gasteiger partial charge in [0.05, 0.1) is 6.04 Å². The number of nitrogens with one attached hydrogen (secondary N) is 1. The van der Waals surface area contributed by atoms with Gasteiger partial charge in [0.25, 0.3) is 0 Å². The van der Waals surface area contributed by atoms with Crippen LogP contribution in [-0.4, -0.2) is 30.1 Å². The molecule has 1 aliphatic rings. The lowest BCUT2D eigenvalue weighted by Gasteiger charge is -2.42. The average Bonchev–Trinajstić information content (AvgIpc) is 2.41. The summed E-state index contributed by atoms with van der Waals surface area (Å²) in [7, 11) is 0. The van der Waals surface area contributed by atoms with E-state index in [1.807, 2.05) is 0 Å². The Balaban J connectivity index is 2.24. The number of nitrogens with zero attached hydrogens (tertiary/aromatic N) is 1. The van der Waals surface area contributed by atoms with Crippen LogP contribution in [0, 0.1) is 12.3 Å². The summed E-state index contributed by atoms with van der Waals surface area (Å²) in [4.78, 5) is 2.47. The number of rotatable bonds is 3. The van der Waals surface area contributed by atoms with Crippen LogP contribution in [0.2, 0.25) is 0 Å². The maximum atomic E-state index is 5.69. The molecule has 18 heavy (non-hydrogen) atoms. The number of terminal acetylenes is 1. The Morgan fingerprint density at radius 2 is 2.17 bits per heavy atom. The Hall–Kier alpha value is -1.30. The SMILES string of the molecule is C#CC(CC)N1CC(C)NCC1c1ccccc1. The van der Waals surface area contributed by atoms with Crippen molar-refractivity contribution in [3.63, 3.8) is 0 Å². The second-order valence-electron chi connectivity index (χ2n) is 5.02. The second kappa shape index (κ2) is 6.04. The lowest BCUT2D eigenvalue weighted by molar-refractivity contribution is 0.108. The molecule has 1 aromatic rings. The summed E-state index contributed by atoms with van der Waals surface area (Å²) in [6.07, 6.45) is 6.69. The maximum Gasteiger partial charge on any atom is 0.0715 e. The number of piperazine rings is 1. The van der Waals surface area contributed by atoms with Crippen molar-refractivity contribution in [2.75, 3.05) is 13.1 Å². The lowest BCUT2D eigenvalue weighted by Crippen LogP contribution is -2.54. The predicted octanol–water partition coefficient (Wildman–Crippen LogP) is 2.43. The van der Waals surface area contributed by atoms with Crippen LogP contribution in [0.15, 0.2) is 30.3 Å². The first-order valence-corrected chi connectivity index (χ1v) is 6.76. The molecule has 0 aromatic heterocycles. The Morgan fingerprint density at radius 3 is 2.78 bits per heavy atom. The fourth-order valence-corrected chi connectivity index (χ4v) is 2.72. The summed E-state index contributed by atoms with van der Waals surface area (Å²) >= 11 is 0. The van der Waals surface area contributed by atoms with Gasteiger partial charge in [-0.1, -0.05) is 43.2 Å². The highest BCUT2D eigenvalue weighted by Crippen LogP contribution is 2.26.